The Morgan fingerprint density at radius 1 is 1.03 bits per heavy atom. The lowest BCUT2D eigenvalue weighted by Crippen LogP contribution is -2.37. The molecule has 1 aromatic heterocycles. The molecule has 1 N–H and O–H groups in total. The number of hydrogen-bond acceptors (Lipinski definition) is 3. The smallest absolute Gasteiger partial charge is 0.287 e. The van der Waals surface area contributed by atoms with Crippen LogP contribution < -0.4 is 11.2 Å². The Morgan fingerprint density at radius 2 is 1.69 bits per heavy atom. The normalized spacial score (nSPS) is 11.1. The Labute approximate surface area is 169 Å². The van der Waals surface area contributed by atoms with Gasteiger partial charge in [-0.3, -0.25) is 19.1 Å². The molecule has 0 spiro atoms. The second kappa shape index (κ2) is 8.69. The van der Waals surface area contributed by atoms with Crippen molar-refractivity contribution < 1.29 is 4.79 Å². The molecule has 0 amide bonds. The lowest BCUT2D eigenvalue weighted by Gasteiger charge is -2.14. The van der Waals surface area contributed by atoms with Gasteiger partial charge in [-0.2, -0.15) is 0 Å². The van der Waals surface area contributed by atoms with Crippen molar-refractivity contribution in [2.45, 2.75) is 33.7 Å². The maximum absolute atomic E-state index is 13.4. The molecule has 3 aromatic rings. The van der Waals surface area contributed by atoms with Gasteiger partial charge in [0.1, 0.15) is 5.69 Å². The van der Waals surface area contributed by atoms with Crippen LogP contribution in [0.3, 0.4) is 0 Å². The third-order valence-corrected chi connectivity index (χ3v) is 4.75. The Kier molecular flexibility index (Phi) is 6.07. The zero-order chi connectivity index (χ0) is 21.0. The number of carbonyl (C=O) groups excluding carboxylic acids is 1. The number of carbonyl (C=O) groups is 1. The Morgan fingerprint density at radius 3 is 2.31 bits per heavy atom. The molecule has 0 aliphatic rings. The number of nitrogens with one attached hydrogen (secondary N) is 1. The summed E-state index contributed by atoms with van der Waals surface area (Å²) in [6.07, 6.45) is 4.05. The van der Waals surface area contributed by atoms with Crippen molar-refractivity contribution in [1.29, 1.82) is 0 Å². The number of hydrogen-bond donors (Lipinski definition) is 1. The van der Waals surface area contributed by atoms with Crippen LogP contribution in [0.5, 0.6) is 0 Å². The Hall–Kier alpha value is -3.47. The number of aryl methyl sites for hydroxylation is 2. The van der Waals surface area contributed by atoms with Crippen molar-refractivity contribution in [3.63, 3.8) is 0 Å². The SMILES string of the molecule is CCc1c(C(=O)c2cc(C)cc(C)c2)n(C/C=C/c2ccccc2)c(=O)[nH]c1=O. The molecular formula is C24H24N2O3. The van der Waals surface area contributed by atoms with Gasteiger partial charge in [0.05, 0.1) is 0 Å². The number of nitrogens with zero attached hydrogens (tertiary/aromatic N) is 1. The molecule has 0 bridgehead atoms. The molecule has 29 heavy (non-hydrogen) atoms. The number of benzene rings is 2. The van der Waals surface area contributed by atoms with Gasteiger partial charge in [0.25, 0.3) is 5.56 Å². The minimum Gasteiger partial charge on any atom is -0.287 e. The van der Waals surface area contributed by atoms with Crippen molar-refractivity contribution in [3.05, 3.63) is 109 Å². The summed E-state index contributed by atoms with van der Waals surface area (Å²) in [5.41, 5.74) is 2.76. The maximum Gasteiger partial charge on any atom is 0.329 e. The van der Waals surface area contributed by atoms with E-state index in [9.17, 15) is 14.4 Å². The first-order valence-electron chi connectivity index (χ1n) is 9.61. The fourth-order valence-electron chi connectivity index (χ4n) is 3.47. The van der Waals surface area contributed by atoms with Crippen LogP contribution in [0.25, 0.3) is 6.08 Å². The molecule has 0 unspecified atom stereocenters. The number of H-pyrrole nitrogens is 1. The molecule has 2 aromatic carbocycles. The van der Waals surface area contributed by atoms with Crippen LogP contribution in [0.4, 0.5) is 0 Å². The van der Waals surface area contributed by atoms with Gasteiger partial charge in [-0.15, -0.1) is 0 Å². The summed E-state index contributed by atoms with van der Waals surface area (Å²) in [5.74, 6) is -0.315. The van der Waals surface area contributed by atoms with Gasteiger partial charge in [-0.05, 0) is 38.0 Å². The molecular weight excluding hydrogens is 364 g/mol. The molecule has 0 aliphatic heterocycles. The molecule has 0 radical (unpaired) electrons. The third kappa shape index (κ3) is 4.51. The van der Waals surface area contributed by atoms with Crippen molar-refractivity contribution in [3.8, 4) is 0 Å². The van der Waals surface area contributed by atoms with Crippen molar-refractivity contribution >= 4 is 11.9 Å². The van der Waals surface area contributed by atoms with Gasteiger partial charge in [-0.1, -0.05) is 66.6 Å². The zero-order valence-corrected chi connectivity index (χ0v) is 16.9. The molecule has 0 fully saturated rings. The van der Waals surface area contributed by atoms with Gasteiger partial charge in [0.15, 0.2) is 0 Å². The van der Waals surface area contributed by atoms with Crippen LogP contribution in [0.1, 0.15) is 45.2 Å². The highest BCUT2D eigenvalue weighted by Gasteiger charge is 2.21. The van der Waals surface area contributed by atoms with Gasteiger partial charge < -0.3 is 0 Å². The molecule has 3 rings (SSSR count). The molecule has 0 saturated heterocycles. The van der Waals surface area contributed by atoms with E-state index >= 15 is 0 Å². The zero-order valence-electron chi connectivity index (χ0n) is 16.9. The first-order chi connectivity index (χ1) is 13.9. The highest BCUT2D eigenvalue weighted by atomic mass is 16.2. The predicted octanol–water partition coefficient (Wildman–Crippen LogP) is 3.66. The number of aromatic amines is 1. The molecule has 5 heteroatoms. The largest absolute Gasteiger partial charge is 0.329 e. The average Bonchev–Trinajstić information content (AvgIpc) is 2.68. The van der Waals surface area contributed by atoms with Crippen molar-refractivity contribution in [1.82, 2.24) is 9.55 Å². The van der Waals surface area contributed by atoms with E-state index in [4.69, 9.17) is 0 Å². The van der Waals surface area contributed by atoms with E-state index in [-0.39, 0.29) is 18.0 Å². The van der Waals surface area contributed by atoms with Crippen LogP contribution in [0, 0.1) is 13.8 Å². The van der Waals surface area contributed by atoms with Gasteiger partial charge >= 0.3 is 5.69 Å². The summed E-state index contributed by atoms with van der Waals surface area (Å²) in [5, 5.41) is 0. The highest BCUT2D eigenvalue weighted by Crippen LogP contribution is 2.16. The van der Waals surface area contributed by atoms with E-state index in [0.29, 0.717) is 17.5 Å². The van der Waals surface area contributed by atoms with Crippen LogP contribution in [-0.4, -0.2) is 15.3 Å². The lowest BCUT2D eigenvalue weighted by atomic mass is 9.99. The number of aromatic nitrogens is 2. The number of ketones is 1. The summed E-state index contributed by atoms with van der Waals surface area (Å²) in [4.78, 5) is 40.6. The Balaban J connectivity index is 2.11. The summed E-state index contributed by atoms with van der Waals surface area (Å²) in [7, 11) is 0. The van der Waals surface area contributed by atoms with Crippen LogP contribution in [0.15, 0.2) is 64.2 Å². The van der Waals surface area contributed by atoms with E-state index in [2.05, 4.69) is 4.98 Å². The fourth-order valence-corrected chi connectivity index (χ4v) is 3.47. The average molecular weight is 388 g/mol. The first-order valence-corrected chi connectivity index (χ1v) is 9.61. The summed E-state index contributed by atoms with van der Waals surface area (Å²) >= 11 is 0. The van der Waals surface area contributed by atoms with Crippen LogP contribution in [0.2, 0.25) is 0 Å². The van der Waals surface area contributed by atoms with Crippen molar-refractivity contribution in [2.24, 2.45) is 0 Å². The second-order valence-electron chi connectivity index (χ2n) is 7.07. The summed E-state index contributed by atoms with van der Waals surface area (Å²) in [6.45, 7) is 5.82. The lowest BCUT2D eigenvalue weighted by molar-refractivity contribution is 0.102. The van der Waals surface area contributed by atoms with E-state index in [1.807, 2.05) is 62.4 Å². The topological polar surface area (TPSA) is 71.9 Å². The number of allylic oxidation sites excluding steroid dienone is 1. The third-order valence-electron chi connectivity index (χ3n) is 4.75. The van der Waals surface area contributed by atoms with E-state index in [1.54, 1.807) is 19.1 Å². The molecule has 1 heterocycles. The minimum atomic E-state index is -0.586. The quantitative estimate of drug-likeness (QED) is 0.655. The number of rotatable bonds is 6. The fraction of sp³-hybridized carbons (Fsp3) is 0.208. The van der Waals surface area contributed by atoms with Crippen molar-refractivity contribution in [2.75, 3.05) is 0 Å². The van der Waals surface area contributed by atoms with Crippen LogP contribution in [-0.2, 0) is 13.0 Å². The van der Waals surface area contributed by atoms with E-state index < -0.39 is 11.2 Å². The summed E-state index contributed by atoms with van der Waals surface area (Å²) < 4.78 is 1.35. The molecule has 0 saturated carbocycles. The molecule has 0 atom stereocenters. The maximum atomic E-state index is 13.4. The molecule has 0 aliphatic carbocycles. The summed E-state index contributed by atoms with van der Waals surface area (Å²) in [6, 6.07) is 15.2. The standard InChI is InChI=1S/C24H24N2O3/c1-4-20-21(22(27)19-14-16(2)13-17(3)15-19)26(24(29)25-23(20)28)12-8-11-18-9-6-5-7-10-18/h5-11,13-15H,4,12H2,1-3H3,(H,25,28,29)/b11-8+. The predicted molar refractivity (Wildman–Crippen MR) is 116 cm³/mol. The molecule has 148 valence electrons. The van der Waals surface area contributed by atoms with Gasteiger partial charge in [0.2, 0.25) is 5.78 Å². The monoisotopic (exact) mass is 388 g/mol. The second-order valence-corrected chi connectivity index (χ2v) is 7.07. The highest BCUT2D eigenvalue weighted by molar-refractivity contribution is 6.09. The van der Waals surface area contributed by atoms with Gasteiger partial charge in [-0.25, -0.2) is 4.79 Å². The first kappa shape index (κ1) is 20.3. The Bertz CT molecular complexity index is 1160. The van der Waals surface area contributed by atoms with E-state index in [0.717, 1.165) is 16.7 Å². The van der Waals surface area contributed by atoms with Crippen LogP contribution >= 0.6 is 0 Å². The van der Waals surface area contributed by atoms with Gasteiger partial charge in [0, 0.05) is 17.7 Å². The molecule has 5 nitrogen and oxygen atoms in total. The van der Waals surface area contributed by atoms with E-state index in [1.165, 1.54) is 4.57 Å². The minimum absolute atomic E-state index is 0.156.